The minimum Gasteiger partial charge on any atom is -0.416 e. The molecule has 1 aromatic heterocycles. The van der Waals surface area contributed by atoms with Crippen LogP contribution in [0, 0.1) is 0 Å². The number of carbonyl (C=O) groups is 1. The first-order valence-corrected chi connectivity index (χ1v) is 10.3. The van der Waals surface area contributed by atoms with Gasteiger partial charge in [0.2, 0.25) is 11.8 Å². The average molecular weight is 436 g/mol. The van der Waals surface area contributed by atoms with Gasteiger partial charge in [-0.25, -0.2) is 0 Å². The van der Waals surface area contributed by atoms with Crippen LogP contribution in [0.2, 0.25) is 10.0 Å². The summed E-state index contributed by atoms with van der Waals surface area (Å²) >= 11 is 13.4. The van der Waals surface area contributed by atoms with Gasteiger partial charge in [0.25, 0.3) is 5.22 Å². The maximum absolute atomic E-state index is 12.5. The summed E-state index contributed by atoms with van der Waals surface area (Å²) in [5.41, 5.74) is 1.89. The van der Waals surface area contributed by atoms with Crippen molar-refractivity contribution in [3.63, 3.8) is 0 Å². The first-order valence-electron chi connectivity index (χ1n) is 8.70. The standard InChI is InChI=1S/C20H19Cl2N3O2S/c1-12(16-9-8-15(21)11-17(16)22)23-19(26)13(2)28-20-25-24-18(27-20)10-14-6-4-3-5-7-14/h3-9,11-13H,10H2,1-2H3,(H,23,26)/t12-,13+/m1/s1. The van der Waals surface area contributed by atoms with Crippen molar-refractivity contribution in [3.05, 3.63) is 75.6 Å². The van der Waals surface area contributed by atoms with Gasteiger partial charge in [-0.3, -0.25) is 4.79 Å². The van der Waals surface area contributed by atoms with Crippen molar-refractivity contribution in [2.45, 2.75) is 36.8 Å². The molecule has 0 fully saturated rings. The van der Waals surface area contributed by atoms with E-state index in [9.17, 15) is 4.79 Å². The van der Waals surface area contributed by atoms with Gasteiger partial charge in [0, 0.05) is 10.0 Å². The van der Waals surface area contributed by atoms with E-state index in [1.54, 1.807) is 25.1 Å². The third-order valence-corrected chi connectivity index (χ3v) is 5.58. The lowest BCUT2D eigenvalue weighted by atomic mass is 10.1. The van der Waals surface area contributed by atoms with Crippen LogP contribution in [0.5, 0.6) is 0 Å². The molecule has 0 radical (unpaired) electrons. The Morgan fingerprint density at radius 3 is 2.61 bits per heavy atom. The minimum atomic E-state index is -0.404. The maximum atomic E-state index is 12.5. The molecule has 1 amide bonds. The molecular formula is C20H19Cl2N3O2S. The molecule has 0 unspecified atom stereocenters. The first kappa shape index (κ1) is 20.7. The predicted molar refractivity (Wildman–Crippen MR) is 112 cm³/mol. The number of hydrogen-bond donors (Lipinski definition) is 1. The Bertz CT molecular complexity index is 950. The van der Waals surface area contributed by atoms with Crippen molar-refractivity contribution in [1.82, 2.24) is 15.5 Å². The molecular weight excluding hydrogens is 417 g/mol. The predicted octanol–water partition coefficient (Wildman–Crippen LogP) is 5.33. The van der Waals surface area contributed by atoms with Crippen molar-refractivity contribution in [2.24, 2.45) is 0 Å². The minimum absolute atomic E-state index is 0.147. The van der Waals surface area contributed by atoms with Gasteiger partial charge in [0.05, 0.1) is 17.7 Å². The summed E-state index contributed by atoms with van der Waals surface area (Å²) in [5, 5.41) is 12.1. The normalized spacial score (nSPS) is 13.1. The van der Waals surface area contributed by atoms with Crippen LogP contribution in [0.25, 0.3) is 0 Å². The second-order valence-corrected chi connectivity index (χ2v) is 8.42. The zero-order valence-electron chi connectivity index (χ0n) is 15.4. The van der Waals surface area contributed by atoms with Gasteiger partial charge in [0.15, 0.2) is 0 Å². The van der Waals surface area contributed by atoms with Gasteiger partial charge in [-0.05, 0) is 37.1 Å². The second-order valence-electron chi connectivity index (χ2n) is 6.28. The Balaban J connectivity index is 1.57. The summed E-state index contributed by atoms with van der Waals surface area (Å²) < 4.78 is 5.66. The Morgan fingerprint density at radius 1 is 1.14 bits per heavy atom. The van der Waals surface area contributed by atoms with Gasteiger partial charge in [0.1, 0.15) is 0 Å². The smallest absolute Gasteiger partial charge is 0.277 e. The summed E-state index contributed by atoms with van der Waals surface area (Å²) in [6, 6.07) is 14.8. The van der Waals surface area contributed by atoms with E-state index in [1.807, 2.05) is 37.3 Å². The van der Waals surface area contributed by atoms with E-state index < -0.39 is 5.25 Å². The summed E-state index contributed by atoms with van der Waals surface area (Å²) in [7, 11) is 0. The van der Waals surface area contributed by atoms with Crippen molar-refractivity contribution in [1.29, 1.82) is 0 Å². The number of thioether (sulfide) groups is 1. The molecule has 28 heavy (non-hydrogen) atoms. The molecule has 146 valence electrons. The van der Waals surface area contributed by atoms with Crippen LogP contribution in [0.3, 0.4) is 0 Å². The monoisotopic (exact) mass is 435 g/mol. The van der Waals surface area contributed by atoms with Crippen LogP contribution in [-0.2, 0) is 11.2 Å². The molecule has 5 nitrogen and oxygen atoms in total. The zero-order chi connectivity index (χ0) is 20.1. The van der Waals surface area contributed by atoms with Gasteiger partial charge in [-0.2, -0.15) is 0 Å². The molecule has 3 rings (SSSR count). The highest BCUT2D eigenvalue weighted by molar-refractivity contribution is 8.00. The number of nitrogens with one attached hydrogen (secondary N) is 1. The van der Waals surface area contributed by atoms with Crippen LogP contribution >= 0.6 is 35.0 Å². The largest absolute Gasteiger partial charge is 0.416 e. The molecule has 0 saturated carbocycles. The number of halogens is 2. The fourth-order valence-electron chi connectivity index (χ4n) is 2.59. The lowest BCUT2D eigenvalue weighted by molar-refractivity contribution is -0.120. The molecule has 3 aromatic rings. The molecule has 1 heterocycles. The molecule has 2 aromatic carbocycles. The molecule has 0 saturated heterocycles. The van der Waals surface area contributed by atoms with Crippen LogP contribution in [0.15, 0.2) is 58.2 Å². The van der Waals surface area contributed by atoms with E-state index in [2.05, 4.69) is 15.5 Å². The third-order valence-electron chi connectivity index (χ3n) is 4.08. The van der Waals surface area contributed by atoms with E-state index in [0.29, 0.717) is 27.6 Å². The van der Waals surface area contributed by atoms with Gasteiger partial charge >= 0.3 is 0 Å². The second kappa shape index (κ2) is 9.45. The zero-order valence-corrected chi connectivity index (χ0v) is 17.7. The van der Waals surface area contributed by atoms with E-state index in [4.69, 9.17) is 27.6 Å². The molecule has 0 aliphatic rings. The SMILES string of the molecule is C[C@H](Sc1nnc(Cc2ccccc2)o1)C(=O)N[C@H](C)c1ccc(Cl)cc1Cl. The summed E-state index contributed by atoms with van der Waals surface area (Å²) in [5.74, 6) is 0.369. The number of rotatable bonds is 7. The number of benzene rings is 2. The van der Waals surface area contributed by atoms with Gasteiger partial charge in [-0.15, -0.1) is 10.2 Å². The van der Waals surface area contributed by atoms with Crippen LogP contribution < -0.4 is 5.32 Å². The quantitative estimate of drug-likeness (QED) is 0.508. The number of nitrogens with zero attached hydrogens (tertiary/aromatic N) is 2. The van der Waals surface area contributed by atoms with Crippen molar-refractivity contribution in [3.8, 4) is 0 Å². The van der Waals surface area contributed by atoms with E-state index in [-0.39, 0.29) is 11.9 Å². The molecule has 0 spiro atoms. The number of amides is 1. The van der Waals surface area contributed by atoms with E-state index in [0.717, 1.165) is 11.1 Å². The summed E-state index contributed by atoms with van der Waals surface area (Å²) in [6.07, 6.45) is 0.557. The summed E-state index contributed by atoms with van der Waals surface area (Å²) in [6.45, 7) is 3.66. The van der Waals surface area contributed by atoms with Gasteiger partial charge in [-0.1, -0.05) is 71.4 Å². The maximum Gasteiger partial charge on any atom is 0.277 e. The summed E-state index contributed by atoms with van der Waals surface area (Å²) in [4.78, 5) is 12.5. The highest BCUT2D eigenvalue weighted by Crippen LogP contribution is 2.27. The van der Waals surface area contributed by atoms with Crippen LogP contribution in [0.1, 0.15) is 36.9 Å². The lowest BCUT2D eigenvalue weighted by Gasteiger charge is -2.18. The van der Waals surface area contributed by atoms with Crippen molar-refractivity contribution in [2.75, 3.05) is 0 Å². The van der Waals surface area contributed by atoms with E-state index >= 15 is 0 Å². The Kier molecular flexibility index (Phi) is 6.99. The average Bonchev–Trinajstić information content (AvgIpc) is 3.09. The van der Waals surface area contributed by atoms with E-state index in [1.165, 1.54) is 11.8 Å². The van der Waals surface area contributed by atoms with Crippen molar-refractivity contribution < 1.29 is 9.21 Å². The molecule has 0 aliphatic carbocycles. The number of carbonyl (C=O) groups excluding carboxylic acids is 1. The highest BCUT2D eigenvalue weighted by Gasteiger charge is 2.21. The number of aromatic nitrogens is 2. The highest BCUT2D eigenvalue weighted by atomic mass is 35.5. The van der Waals surface area contributed by atoms with Crippen molar-refractivity contribution >= 4 is 40.9 Å². The molecule has 8 heteroatoms. The molecule has 1 N–H and O–H groups in total. The first-order chi connectivity index (χ1) is 13.4. The fraction of sp³-hybridized carbons (Fsp3) is 0.250. The molecule has 0 aliphatic heterocycles. The lowest BCUT2D eigenvalue weighted by Crippen LogP contribution is -2.33. The third kappa shape index (κ3) is 5.50. The molecule has 2 atom stereocenters. The Labute approximate surface area is 177 Å². The van der Waals surface area contributed by atoms with Crippen LogP contribution in [-0.4, -0.2) is 21.4 Å². The number of hydrogen-bond acceptors (Lipinski definition) is 5. The Morgan fingerprint density at radius 2 is 1.89 bits per heavy atom. The van der Waals surface area contributed by atoms with Gasteiger partial charge < -0.3 is 9.73 Å². The topological polar surface area (TPSA) is 68.0 Å². The fourth-order valence-corrected chi connectivity index (χ4v) is 3.88. The Hall–Kier alpha value is -2.02. The molecule has 0 bridgehead atoms. The van der Waals surface area contributed by atoms with Crippen LogP contribution in [0.4, 0.5) is 0 Å².